The maximum Gasteiger partial charge on any atom is 0.410 e. The predicted molar refractivity (Wildman–Crippen MR) is 124 cm³/mol. The monoisotopic (exact) mass is 452 g/mol. The zero-order chi connectivity index (χ0) is 23.6. The Kier molecular flexibility index (Phi) is 6.23. The summed E-state index contributed by atoms with van der Waals surface area (Å²) in [5, 5.41) is 10.0. The SMILES string of the molecule is CC(C)(C)OC(=O)N1CCN(C(=O)Cc2cc(O)ccc2OCc2ccccc2)C2(CC2)C1. The van der Waals surface area contributed by atoms with E-state index in [9.17, 15) is 14.7 Å². The van der Waals surface area contributed by atoms with Gasteiger partial charge in [0.1, 0.15) is 23.7 Å². The number of carbonyl (C=O) groups is 2. The summed E-state index contributed by atoms with van der Waals surface area (Å²) in [6, 6.07) is 14.7. The highest BCUT2D eigenvalue weighted by Crippen LogP contribution is 2.45. The molecule has 1 saturated heterocycles. The van der Waals surface area contributed by atoms with Gasteiger partial charge < -0.3 is 24.4 Å². The van der Waals surface area contributed by atoms with E-state index in [4.69, 9.17) is 9.47 Å². The van der Waals surface area contributed by atoms with Gasteiger partial charge in [0.15, 0.2) is 0 Å². The molecule has 1 N–H and O–H groups in total. The third-order valence-electron chi connectivity index (χ3n) is 6.05. The van der Waals surface area contributed by atoms with Crippen molar-refractivity contribution in [1.82, 2.24) is 9.80 Å². The van der Waals surface area contributed by atoms with Crippen LogP contribution < -0.4 is 4.74 Å². The molecule has 0 aromatic heterocycles. The van der Waals surface area contributed by atoms with Crippen molar-refractivity contribution in [1.29, 1.82) is 0 Å². The predicted octanol–water partition coefficient (Wildman–Crippen LogP) is 4.13. The fraction of sp³-hybridized carbons (Fsp3) is 0.462. The third kappa shape index (κ3) is 5.59. The Bertz CT molecular complexity index is 1010. The van der Waals surface area contributed by atoms with Crippen molar-refractivity contribution in [2.75, 3.05) is 19.6 Å². The van der Waals surface area contributed by atoms with Gasteiger partial charge in [0.05, 0.1) is 12.0 Å². The quantitative estimate of drug-likeness (QED) is 0.738. The number of hydrogen-bond donors (Lipinski definition) is 1. The minimum Gasteiger partial charge on any atom is -0.508 e. The van der Waals surface area contributed by atoms with Gasteiger partial charge in [0.2, 0.25) is 5.91 Å². The Morgan fingerprint density at radius 2 is 1.79 bits per heavy atom. The van der Waals surface area contributed by atoms with E-state index in [0.29, 0.717) is 37.6 Å². The fourth-order valence-electron chi connectivity index (χ4n) is 4.26. The van der Waals surface area contributed by atoms with Gasteiger partial charge in [-0.1, -0.05) is 30.3 Å². The van der Waals surface area contributed by atoms with E-state index in [1.807, 2.05) is 56.0 Å². The maximum atomic E-state index is 13.3. The number of piperazine rings is 1. The van der Waals surface area contributed by atoms with E-state index < -0.39 is 5.60 Å². The summed E-state index contributed by atoms with van der Waals surface area (Å²) in [6.45, 7) is 7.34. The summed E-state index contributed by atoms with van der Waals surface area (Å²) in [4.78, 5) is 29.5. The number of rotatable bonds is 5. The lowest BCUT2D eigenvalue weighted by Crippen LogP contribution is -2.59. The first-order valence-electron chi connectivity index (χ1n) is 11.4. The summed E-state index contributed by atoms with van der Waals surface area (Å²) in [5.41, 5.74) is 0.819. The lowest BCUT2D eigenvalue weighted by atomic mass is 10.1. The van der Waals surface area contributed by atoms with Gasteiger partial charge in [0, 0.05) is 25.2 Å². The Labute approximate surface area is 194 Å². The number of ether oxygens (including phenoxy) is 2. The Morgan fingerprint density at radius 1 is 1.06 bits per heavy atom. The van der Waals surface area contributed by atoms with Crippen molar-refractivity contribution in [2.45, 2.75) is 57.8 Å². The molecule has 176 valence electrons. The third-order valence-corrected chi connectivity index (χ3v) is 6.05. The first-order chi connectivity index (χ1) is 15.7. The summed E-state index contributed by atoms with van der Waals surface area (Å²) in [7, 11) is 0. The Hall–Kier alpha value is -3.22. The van der Waals surface area contributed by atoms with Crippen LogP contribution >= 0.6 is 0 Å². The number of aromatic hydroxyl groups is 1. The molecule has 4 rings (SSSR count). The van der Waals surface area contributed by atoms with Crippen molar-refractivity contribution in [2.24, 2.45) is 0 Å². The molecule has 1 saturated carbocycles. The van der Waals surface area contributed by atoms with Crippen LogP contribution in [0.5, 0.6) is 11.5 Å². The van der Waals surface area contributed by atoms with Crippen LogP contribution in [0.25, 0.3) is 0 Å². The van der Waals surface area contributed by atoms with Crippen molar-refractivity contribution >= 4 is 12.0 Å². The van der Waals surface area contributed by atoms with Crippen LogP contribution in [0, 0.1) is 0 Å². The van der Waals surface area contributed by atoms with Crippen LogP contribution in [-0.4, -0.2) is 57.7 Å². The fourth-order valence-corrected chi connectivity index (χ4v) is 4.26. The molecule has 0 atom stereocenters. The first-order valence-corrected chi connectivity index (χ1v) is 11.4. The zero-order valence-electron chi connectivity index (χ0n) is 19.5. The summed E-state index contributed by atoms with van der Waals surface area (Å²) < 4.78 is 11.5. The molecule has 2 fully saturated rings. The van der Waals surface area contributed by atoms with Crippen LogP contribution in [0.2, 0.25) is 0 Å². The standard InChI is InChI=1S/C26H32N2O5/c1-25(2,3)33-24(31)27-13-14-28(26(18-27)11-12-26)23(30)16-20-15-21(29)9-10-22(20)32-17-19-7-5-4-6-8-19/h4-10,15,29H,11-14,16-18H2,1-3H3. The number of carbonyl (C=O) groups excluding carboxylic acids is 2. The maximum absolute atomic E-state index is 13.3. The first kappa shape index (κ1) is 23.0. The number of hydrogen-bond acceptors (Lipinski definition) is 5. The van der Waals surface area contributed by atoms with E-state index in [1.54, 1.807) is 23.1 Å². The average Bonchev–Trinajstić information content (AvgIpc) is 3.51. The molecule has 2 aromatic carbocycles. The molecular weight excluding hydrogens is 420 g/mol. The lowest BCUT2D eigenvalue weighted by Gasteiger charge is -2.42. The van der Waals surface area contributed by atoms with Gasteiger partial charge in [0.25, 0.3) is 0 Å². The van der Waals surface area contributed by atoms with Crippen LogP contribution in [0.4, 0.5) is 4.79 Å². The second kappa shape index (κ2) is 8.96. The average molecular weight is 453 g/mol. The summed E-state index contributed by atoms with van der Waals surface area (Å²) >= 11 is 0. The molecule has 0 radical (unpaired) electrons. The lowest BCUT2D eigenvalue weighted by molar-refractivity contribution is -0.136. The molecule has 33 heavy (non-hydrogen) atoms. The highest BCUT2D eigenvalue weighted by molar-refractivity contribution is 5.81. The second-order valence-electron chi connectivity index (χ2n) is 9.91. The Morgan fingerprint density at radius 3 is 2.45 bits per heavy atom. The zero-order valence-corrected chi connectivity index (χ0v) is 19.5. The molecule has 1 aliphatic carbocycles. The minimum atomic E-state index is -0.549. The number of benzene rings is 2. The Balaban J connectivity index is 1.42. The molecule has 2 amide bonds. The number of phenols is 1. The number of phenolic OH excluding ortho intramolecular Hbond substituents is 1. The molecule has 1 heterocycles. The number of amides is 2. The van der Waals surface area contributed by atoms with Crippen molar-refractivity contribution in [3.63, 3.8) is 0 Å². The molecule has 0 unspecified atom stereocenters. The molecular formula is C26H32N2O5. The van der Waals surface area contributed by atoms with Gasteiger partial charge >= 0.3 is 6.09 Å². The van der Waals surface area contributed by atoms with Crippen LogP contribution in [0.1, 0.15) is 44.7 Å². The van der Waals surface area contributed by atoms with Crippen molar-refractivity contribution in [3.8, 4) is 11.5 Å². The smallest absolute Gasteiger partial charge is 0.410 e. The molecule has 0 bridgehead atoms. The van der Waals surface area contributed by atoms with Gasteiger partial charge in [-0.05, 0) is 57.4 Å². The normalized spacial score (nSPS) is 17.1. The van der Waals surface area contributed by atoms with Crippen LogP contribution in [-0.2, 0) is 22.6 Å². The van der Waals surface area contributed by atoms with Gasteiger partial charge in [-0.15, -0.1) is 0 Å². The minimum absolute atomic E-state index is 0.0218. The van der Waals surface area contributed by atoms with Gasteiger partial charge in [-0.25, -0.2) is 4.79 Å². The van der Waals surface area contributed by atoms with E-state index in [0.717, 1.165) is 18.4 Å². The largest absolute Gasteiger partial charge is 0.508 e. The van der Waals surface area contributed by atoms with Crippen molar-refractivity contribution in [3.05, 3.63) is 59.7 Å². The van der Waals surface area contributed by atoms with E-state index >= 15 is 0 Å². The van der Waals surface area contributed by atoms with Crippen molar-refractivity contribution < 1.29 is 24.2 Å². The number of nitrogens with zero attached hydrogens (tertiary/aromatic N) is 2. The van der Waals surface area contributed by atoms with E-state index in [1.165, 1.54) is 0 Å². The summed E-state index contributed by atoms with van der Waals surface area (Å²) in [6.07, 6.45) is 1.54. The highest BCUT2D eigenvalue weighted by Gasteiger charge is 2.54. The summed E-state index contributed by atoms with van der Waals surface area (Å²) in [5.74, 6) is 0.662. The van der Waals surface area contributed by atoms with E-state index in [-0.39, 0.29) is 29.7 Å². The van der Waals surface area contributed by atoms with Crippen LogP contribution in [0.3, 0.4) is 0 Å². The topological polar surface area (TPSA) is 79.3 Å². The highest BCUT2D eigenvalue weighted by atomic mass is 16.6. The molecule has 7 heteroatoms. The van der Waals surface area contributed by atoms with E-state index in [2.05, 4.69) is 0 Å². The second-order valence-corrected chi connectivity index (χ2v) is 9.91. The molecule has 1 aliphatic heterocycles. The van der Waals surface area contributed by atoms with Crippen LogP contribution in [0.15, 0.2) is 48.5 Å². The van der Waals surface area contributed by atoms with Gasteiger partial charge in [-0.2, -0.15) is 0 Å². The molecule has 2 aromatic rings. The van der Waals surface area contributed by atoms with Gasteiger partial charge in [-0.3, -0.25) is 4.79 Å². The molecule has 2 aliphatic rings. The molecule has 1 spiro atoms. The molecule has 7 nitrogen and oxygen atoms in total.